The van der Waals surface area contributed by atoms with Crippen molar-refractivity contribution < 1.29 is 36.0 Å². The van der Waals surface area contributed by atoms with Crippen molar-refractivity contribution in [3.63, 3.8) is 0 Å². The zero-order valence-corrected chi connectivity index (χ0v) is 16.4. The molecule has 0 saturated carbocycles. The van der Waals surface area contributed by atoms with E-state index in [1.165, 1.54) is 12.1 Å². The standard InChI is InChI=1S/C19H23NO4S.ClH/c1-14(19(22)16-6-4-3-5-7-16)20-13-12-18(21)15-8-10-17(11-9-15)25(2,23)24;/h3-11,14,19-20,22H,12-13H2,1-2H3;1H. The fourth-order valence-electron chi connectivity index (χ4n) is 2.59. The normalized spacial score (nSPS) is 13.5. The smallest absolute Gasteiger partial charge is 0.175 e. The molecule has 0 fully saturated rings. The van der Waals surface area contributed by atoms with Gasteiger partial charge in [-0.3, -0.25) is 4.79 Å². The quantitative estimate of drug-likeness (QED) is 0.523. The van der Waals surface area contributed by atoms with Gasteiger partial charge >= 0.3 is 0 Å². The predicted octanol–water partition coefficient (Wildman–Crippen LogP) is -1.65. The topological polar surface area (TPSA) is 88.0 Å². The Morgan fingerprint density at radius 2 is 1.65 bits per heavy atom. The summed E-state index contributed by atoms with van der Waals surface area (Å²) in [5.74, 6) is -0.0438. The van der Waals surface area contributed by atoms with Crippen LogP contribution in [0.3, 0.4) is 0 Å². The summed E-state index contributed by atoms with van der Waals surface area (Å²) in [6.07, 6.45) is 0.868. The highest BCUT2D eigenvalue weighted by atomic mass is 35.5. The molecule has 0 heterocycles. The summed E-state index contributed by atoms with van der Waals surface area (Å²) < 4.78 is 22.9. The number of ketones is 1. The zero-order chi connectivity index (χ0) is 18.4. The SMILES string of the molecule is CC([NH2+]CCC(=O)c1ccc(S(C)(=O)=O)cc1)C(O)c1ccccc1.[Cl-]. The summed E-state index contributed by atoms with van der Waals surface area (Å²) in [6, 6.07) is 15.3. The van der Waals surface area contributed by atoms with Gasteiger partial charge in [-0.1, -0.05) is 42.5 Å². The lowest BCUT2D eigenvalue weighted by Crippen LogP contribution is -3.00. The molecule has 7 heteroatoms. The van der Waals surface area contributed by atoms with Crippen molar-refractivity contribution in [1.82, 2.24) is 0 Å². The molecule has 0 aromatic heterocycles. The highest BCUT2D eigenvalue weighted by Crippen LogP contribution is 2.14. The van der Waals surface area contributed by atoms with E-state index in [9.17, 15) is 18.3 Å². The van der Waals surface area contributed by atoms with Crippen LogP contribution in [-0.4, -0.2) is 38.1 Å². The van der Waals surface area contributed by atoms with Gasteiger partial charge in [0, 0.05) is 11.8 Å². The van der Waals surface area contributed by atoms with Gasteiger partial charge in [0.25, 0.3) is 0 Å². The van der Waals surface area contributed by atoms with Crippen LogP contribution in [0.15, 0.2) is 59.5 Å². The number of sulfone groups is 1. The van der Waals surface area contributed by atoms with Gasteiger partial charge in [-0.2, -0.15) is 0 Å². The molecule has 3 N–H and O–H groups in total. The fourth-order valence-corrected chi connectivity index (χ4v) is 3.22. The second kappa shape index (κ2) is 9.83. The first kappa shape index (κ1) is 22.3. The van der Waals surface area contributed by atoms with Crippen LogP contribution in [0.25, 0.3) is 0 Å². The largest absolute Gasteiger partial charge is 1.00 e. The van der Waals surface area contributed by atoms with Gasteiger partial charge in [0.2, 0.25) is 0 Å². The van der Waals surface area contributed by atoms with E-state index in [1.54, 1.807) is 12.1 Å². The Kier molecular flexibility index (Phi) is 8.43. The van der Waals surface area contributed by atoms with E-state index >= 15 is 0 Å². The molecule has 26 heavy (non-hydrogen) atoms. The Morgan fingerprint density at radius 1 is 1.08 bits per heavy atom. The monoisotopic (exact) mass is 397 g/mol. The van der Waals surface area contributed by atoms with Gasteiger partial charge in [0.1, 0.15) is 12.1 Å². The van der Waals surface area contributed by atoms with E-state index in [0.717, 1.165) is 11.8 Å². The van der Waals surface area contributed by atoms with Crippen LogP contribution >= 0.6 is 0 Å². The molecule has 0 saturated heterocycles. The van der Waals surface area contributed by atoms with Crippen molar-refractivity contribution in [2.45, 2.75) is 30.4 Å². The van der Waals surface area contributed by atoms with E-state index in [4.69, 9.17) is 0 Å². The average Bonchev–Trinajstić information content (AvgIpc) is 2.61. The minimum atomic E-state index is -3.25. The van der Waals surface area contributed by atoms with Gasteiger partial charge in [-0.25, -0.2) is 8.42 Å². The number of halogens is 1. The van der Waals surface area contributed by atoms with Gasteiger partial charge in [-0.05, 0) is 24.6 Å². The molecule has 142 valence electrons. The number of aliphatic hydroxyl groups excluding tert-OH is 1. The Bertz CT molecular complexity index is 807. The van der Waals surface area contributed by atoms with Crippen LogP contribution in [0.4, 0.5) is 0 Å². The molecular weight excluding hydrogens is 374 g/mol. The minimum Gasteiger partial charge on any atom is -1.00 e. The molecule has 0 aliphatic heterocycles. The zero-order valence-electron chi connectivity index (χ0n) is 14.8. The second-order valence-electron chi connectivity index (χ2n) is 6.21. The lowest BCUT2D eigenvalue weighted by molar-refractivity contribution is -0.693. The summed E-state index contributed by atoms with van der Waals surface area (Å²) in [4.78, 5) is 12.4. The number of hydrogen-bond acceptors (Lipinski definition) is 4. The number of rotatable bonds is 8. The van der Waals surface area contributed by atoms with Crippen LogP contribution in [0, 0.1) is 0 Å². The second-order valence-corrected chi connectivity index (χ2v) is 8.22. The molecule has 2 atom stereocenters. The predicted molar refractivity (Wildman–Crippen MR) is 96.2 cm³/mol. The maximum Gasteiger partial charge on any atom is 0.175 e. The third-order valence-corrected chi connectivity index (χ3v) is 5.28. The van der Waals surface area contributed by atoms with Crippen LogP contribution in [0.1, 0.15) is 35.4 Å². The number of aliphatic hydroxyl groups is 1. The Morgan fingerprint density at radius 3 is 2.19 bits per heavy atom. The van der Waals surface area contributed by atoms with Crippen LogP contribution in [0.5, 0.6) is 0 Å². The molecule has 2 unspecified atom stereocenters. The Balaban J connectivity index is 0.00000338. The molecule has 0 aliphatic carbocycles. The van der Waals surface area contributed by atoms with E-state index in [-0.39, 0.29) is 29.1 Å². The molecule has 0 bridgehead atoms. The van der Waals surface area contributed by atoms with Crippen LogP contribution < -0.4 is 17.7 Å². The molecule has 2 aromatic rings. The molecule has 0 aliphatic rings. The number of nitrogens with two attached hydrogens (primary N) is 1. The average molecular weight is 398 g/mol. The maximum absolute atomic E-state index is 12.2. The van der Waals surface area contributed by atoms with Crippen LogP contribution in [-0.2, 0) is 9.84 Å². The lowest BCUT2D eigenvalue weighted by Gasteiger charge is -2.17. The molecule has 5 nitrogen and oxygen atoms in total. The molecule has 2 aromatic carbocycles. The third kappa shape index (κ3) is 6.21. The Labute approximate surface area is 160 Å². The van der Waals surface area contributed by atoms with Gasteiger partial charge in [0.05, 0.1) is 17.9 Å². The molecule has 0 radical (unpaired) electrons. The molecule has 0 amide bonds. The summed E-state index contributed by atoms with van der Waals surface area (Å²) in [7, 11) is -3.25. The van der Waals surface area contributed by atoms with E-state index < -0.39 is 15.9 Å². The lowest BCUT2D eigenvalue weighted by atomic mass is 10.0. The first-order valence-electron chi connectivity index (χ1n) is 8.18. The van der Waals surface area contributed by atoms with Crippen molar-refractivity contribution in [3.8, 4) is 0 Å². The van der Waals surface area contributed by atoms with Gasteiger partial charge in [-0.15, -0.1) is 0 Å². The summed E-state index contributed by atoms with van der Waals surface area (Å²) in [5.41, 5.74) is 1.35. The maximum atomic E-state index is 12.2. The first-order chi connectivity index (χ1) is 11.8. The van der Waals surface area contributed by atoms with Crippen molar-refractivity contribution in [1.29, 1.82) is 0 Å². The first-order valence-corrected chi connectivity index (χ1v) is 10.1. The molecule has 2 rings (SSSR count). The number of hydrogen-bond donors (Lipinski definition) is 2. The van der Waals surface area contributed by atoms with Crippen LogP contribution in [0.2, 0.25) is 0 Å². The number of benzene rings is 2. The number of carbonyl (C=O) groups excluding carboxylic acids is 1. The van der Waals surface area contributed by atoms with Crippen molar-refractivity contribution >= 4 is 15.6 Å². The van der Waals surface area contributed by atoms with Crippen molar-refractivity contribution in [2.75, 3.05) is 12.8 Å². The number of carbonyl (C=O) groups is 1. The van der Waals surface area contributed by atoms with Crippen molar-refractivity contribution in [2.24, 2.45) is 0 Å². The highest BCUT2D eigenvalue weighted by molar-refractivity contribution is 7.90. The van der Waals surface area contributed by atoms with E-state index in [0.29, 0.717) is 18.5 Å². The number of Topliss-reactive ketones (excluding diaryl/α,β-unsaturated/α-hetero) is 1. The van der Waals surface area contributed by atoms with Crippen molar-refractivity contribution in [3.05, 3.63) is 65.7 Å². The summed E-state index contributed by atoms with van der Waals surface area (Å²) >= 11 is 0. The highest BCUT2D eigenvalue weighted by Gasteiger charge is 2.19. The van der Waals surface area contributed by atoms with Gasteiger partial charge in [0.15, 0.2) is 15.6 Å². The molecule has 0 spiro atoms. The Hall–Kier alpha value is -1.73. The van der Waals surface area contributed by atoms with E-state index in [1.807, 2.05) is 42.6 Å². The minimum absolute atomic E-state index is 0. The summed E-state index contributed by atoms with van der Waals surface area (Å²) in [6.45, 7) is 2.47. The van der Waals surface area contributed by atoms with Gasteiger partial charge < -0.3 is 22.8 Å². The third-order valence-electron chi connectivity index (χ3n) is 4.15. The summed E-state index contributed by atoms with van der Waals surface area (Å²) in [5, 5.41) is 12.2. The van der Waals surface area contributed by atoms with E-state index in [2.05, 4.69) is 0 Å². The number of quaternary nitrogens is 1. The fraction of sp³-hybridized carbons (Fsp3) is 0.316. The molecular formula is C19H24ClNO4S.